The number of carbonyl (C=O) groups excluding carboxylic acids is 3. The van der Waals surface area contributed by atoms with E-state index in [-0.39, 0.29) is 23.2 Å². The molecule has 0 saturated carbocycles. The highest BCUT2D eigenvalue weighted by molar-refractivity contribution is 9.10. The summed E-state index contributed by atoms with van der Waals surface area (Å²) in [6, 6.07) is 10.7. The number of anilines is 1. The number of nitrogens with one attached hydrogen (secondary N) is 1. The Morgan fingerprint density at radius 1 is 1.12 bits per heavy atom. The van der Waals surface area contributed by atoms with Crippen LogP contribution in [0.2, 0.25) is 0 Å². The van der Waals surface area contributed by atoms with E-state index in [0.29, 0.717) is 27.2 Å². The molecule has 1 N–H and O–H groups in total. The molecule has 0 atom stereocenters. The van der Waals surface area contributed by atoms with E-state index < -0.39 is 11.8 Å². The standard InChI is InChI=1S/C23H22BrN3O5S/c1-13-5-7-15(8-6-13)25-19(28)12-32-20-17(24)10-14(11-18(20)31-4)9-16-21(29)26(2)23(33)27(3)22(16)30/h5-11H,12H2,1-4H3,(H,25,28). The van der Waals surface area contributed by atoms with Gasteiger partial charge in [0.05, 0.1) is 11.6 Å². The lowest BCUT2D eigenvalue weighted by Crippen LogP contribution is -2.52. The Balaban J connectivity index is 1.79. The number of likely N-dealkylation sites (N-methyl/N-ethyl adjacent to an activating group) is 2. The lowest BCUT2D eigenvalue weighted by atomic mass is 10.1. The fourth-order valence-electron chi connectivity index (χ4n) is 3.08. The van der Waals surface area contributed by atoms with E-state index in [0.717, 1.165) is 5.56 Å². The van der Waals surface area contributed by atoms with Crippen molar-refractivity contribution in [2.24, 2.45) is 0 Å². The summed E-state index contributed by atoms with van der Waals surface area (Å²) in [5.74, 6) is -0.681. The molecular formula is C23H22BrN3O5S. The van der Waals surface area contributed by atoms with Gasteiger partial charge in [-0.1, -0.05) is 17.7 Å². The van der Waals surface area contributed by atoms with Gasteiger partial charge >= 0.3 is 0 Å². The van der Waals surface area contributed by atoms with Gasteiger partial charge in [-0.25, -0.2) is 0 Å². The molecule has 0 bridgehead atoms. The van der Waals surface area contributed by atoms with E-state index in [1.807, 2.05) is 19.1 Å². The number of hydrogen-bond donors (Lipinski definition) is 1. The molecule has 1 aliphatic rings. The molecule has 3 amide bonds. The van der Waals surface area contributed by atoms with E-state index in [1.165, 1.54) is 37.1 Å². The number of benzene rings is 2. The summed E-state index contributed by atoms with van der Waals surface area (Å²) in [5, 5.41) is 2.89. The summed E-state index contributed by atoms with van der Waals surface area (Å²) < 4.78 is 11.6. The van der Waals surface area contributed by atoms with Gasteiger partial charge in [0.15, 0.2) is 23.2 Å². The highest BCUT2D eigenvalue weighted by Crippen LogP contribution is 2.37. The largest absolute Gasteiger partial charge is 0.493 e. The minimum atomic E-state index is -0.494. The predicted octanol–water partition coefficient (Wildman–Crippen LogP) is 3.38. The van der Waals surface area contributed by atoms with Crippen LogP contribution in [0.4, 0.5) is 5.69 Å². The van der Waals surface area contributed by atoms with Crippen LogP contribution in [0.15, 0.2) is 46.4 Å². The molecule has 172 valence electrons. The van der Waals surface area contributed by atoms with Crippen molar-refractivity contribution in [3.63, 3.8) is 0 Å². The van der Waals surface area contributed by atoms with Gasteiger partial charge in [-0.3, -0.25) is 24.2 Å². The minimum absolute atomic E-state index is 0.0336. The Hall–Kier alpha value is -3.24. The second-order valence-corrected chi connectivity index (χ2v) is 8.53. The minimum Gasteiger partial charge on any atom is -0.493 e. The summed E-state index contributed by atoms with van der Waals surface area (Å²) in [7, 11) is 4.47. The van der Waals surface area contributed by atoms with Crippen LogP contribution in [0, 0.1) is 6.92 Å². The molecule has 2 aromatic carbocycles. The van der Waals surface area contributed by atoms with Gasteiger partial charge in [-0.15, -0.1) is 0 Å². The third kappa shape index (κ3) is 5.40. The van der Waals surface area contributed by atoms with Crippen LogP contribution in [0.5, 0.6) is 11.5 Å². The van der Waals surface area contributed by atoms with E-state index in [2.05, 4.69) is 21.2 Å². The van der Waals surface area contributed by atoms with Gasteiger partial charge in [0.1, 0.15) is 5.57 Å². The van der Waals surface area contributed by atoms with Crippen molar-refractivity contribution >= 4 is 62.7 Å². The number of methoxy groups -OCH3 is 1. The van der Waals surface area contributed by atoms with Crippen LogP contribution in [-0.4, -0.2) is 60.4 Å². The second-order valence-electron chi connectivity index (χ2n) is 7.31. The summed E-state index contributed by atoms with van der Waals surface area (Å²) in [6.07, 6.45) is 1.46. The Bertz CT molecular complexity index is 1140. The van der Waals surface area contributed by atoms with Gasteiger partial charge in [-0.05, 0) is 71.0 Å². The van der Waals surface area contributed by atoms with Gasteiger partial charge in [-0.2, -0.15) is 0 Å². The zero-order valence-corrected chi connectivity index (χ0v) is 20.9. The lowest BCUT2D eigenvalue weighted by Gasteiger charge is -2.31. The molecular weight excluding hydrogens is 510 g/mol. The number of amides is 3. The summed E-state index contributed by atoms with van der Waals surface area (Å²) >= 11 is 8.52. The van der Waals surface area contributed by atoms with Gasteiger partial charge in [0.2, 0.25) is 0 Å². The van der Waals surface area contributed by atoms with Crippen molar-refractivity contribution in [2.45, 2.75) is 6.92 Å². The number of ether oxygens (including phenoxy) is 2. The highest BCUT2D eigenvalue weighted by atomic mass is 79.9. The molecule has 0 radical (unpaired) electrons. The number of nitrogens with zero attached hydrogens (tertiary/aromatic N) is 2. The molecule has 10 heteroatoms. The van der Waals surface area contributed by atoms with Crippen molar-refractivity contribution < 1.29 is 23.9 Å². The monoisotopic (exact) mass is 531 g/mol. The summed E-state index contributed by atoms with van der Waals surface area (Å²) in [6.45, 7) is 1.72. The smallest absolute Gasteiger partial charge is 0.265 e. The van der Waals surface area contributed by atoms with Crippen LogP contribution in [-0.2, 0) is 14.4 Å². The van der Waals surface area contributed by atoms with Crippen molar-refractivity contribution in [1.29, 1.82) is 0 Å². The first kappa shape index (κ1) is 24.4. The van der Waals surface area contributed by atoms with Crippen molar-refractivity contribution in [2.75, 3.05) is 33.1 Å². The van der Waals surface area contributed by atoms with E-state index in [1.54, 1.807) is 24.3 Å². The molecule has 1 heterocycles. The van der Waals surface area contributed by atoms with E-state index in [9.17, 15) is 14.4 Å². The quantitative estimate of drug-likeness (QED) is 0.349. The van der Waals surface area contributed by atoms with Crippen molar-refractivity contribution in [3.8, 4) is 11.5 Å². The predicted molar refractivity (Wildman–Crippen MR) is 132 cm³/mol. The molecule has 1 saturated heterocycles. The van der Waals surface area contributed by atoms with Gasteiger partial charge < -0.3 is 14.8 Å². The van der Waals surface area contributed by atoms with Crippen LogP contribution in [0.1, 0.15) is 11.1 Å². The Morgan fingerprint density at radius 2 is 1.73 bits per heavy atom. The first-order chi connectivity index (χ1) is 15.6. The number of rotatable bonds is 6. The number of thiocarbonyl (C=S) groups is 1. The summed E-state index contributed by atoms with van der Waals surface area (Å²) in [5.41, 5.74) is 2.25. The molecule has 3 rings (SSSR count). The normalized spacial score (nSPS) is 13.8. The van der Waals surface area contributed by atoms with Crippen LogP contribution < -0.4 is 14.8 Å². The molecule has 33 heavy (non-hydrogen) atoms. The lowest BCUT2D eigenvalue weighted by molar-refractivity contribution is -0.132. The first-order valence-corrected chi connectivity index (χ1v) is 11.0. The fourth-order valence-corrected chi connectivity index (χ4v) is 3.82. The average Bonchev–Trinajstić information content (AvgIpc) is 2.79. The van der Waals surface area contributed by atoms with Crippen molar-refractivity contribution in [1.82, 2.24) is 9.80 Å². The zero-order chi connectivity index (χ0) is 24.3. The third-order valence-electron chi connectivity index (χ3n) is 4.89. The highest BCUT2D eigenvalue weighted by Gasteiger charge is 2.35. The molecule has 0 aromatic heterocycles. The topological polar surface area (TPSA) is 88.2 Å². The fraction of sp³-hybridized carbons (Fsp3) is 0.217. The molecule has 2 aromatic rings. The Labute approximate surface area is 205 Å². The van der Waals surface area contributed by atoms with Crippen LogP contribution >= 0.6 is 28.1 Å². The number of halogens is 1. The average molecular weight is 532 g/mol. The Kier molecular flexibility index (Phi) is 7.50. The van der Waals surface area contributed by atoms with Crippen molar-refractivity contribution in [3.05, 3.63) is 57.6 Å². The molecule has 8 nitrogen and oxygen atoms in total. The third-order valence-corrected chi connectivity index (χ3v) is 6.03. The summed E-state index contributed by atoms with van der Waals surface area (Å²) in [4.78, 5) is 39.9. The number of carbonyl (C=O) groups is 3. The van der Waals surface area contributed by atoms with E-state index in [4.69, 9.17) is 21.7 Å². The van der Waals surface area contributed by atoms with Crippen LogP contribution in [0.25, 0.3) is 6.08 Å². The molecule has 0 unspecified atom stereocenters. The van der Waals surface area contributed by atoms with Gasteiger partial charge in [0.25, 0.3) is 17.7 Å². The number of aryl methyl sites for hydroxylation is 1. The van der Waals surface area contributed by atoms with E-state index >= 15 is 0 Å². The molecule has 1 fully saturated rings. The maximum Gasteiger partial charge on any atom is 0.265 e. The molecule has 0 aliphatic carbocycles. The SMILES string of the molecule is COc1cc(C=C2C(=O)N(C)C(=S)N(C)C2=O)cc(Br)c1OCC(=O)Nc1ccc(C)cc1. The second kappa shape index (κ2) is 10.1. The zero-order valence-electron chi connectivity index (χ0n) is 18.5. The van der Waals surface area contributed by atoms with Gasteiger partial charge in [0, 0.05) is 19.8 Å². The first-order valence-electron chi connectivity index (χ1n) is 9.81. The number of hydrogen-bond acceptors (Lipinski definition) is 6. The molecule has 0 spiro atoms. The Morgan fingerprint density at radius 3 is 2.30 bits per heavy atom. The maximum atomic E-state index is 12.6. The maximum absolute atomic E-state index is 12.6. The van der Waals surface area contributed by atoms with Crippen LogP contribution in [0.3, 0.4) is 0 Å². The molecule has 1 aliphatic heterocycles.